The molecule has 32 heavy (non-hydrogen) atoms. The first-order valence-corrected chi connectivity index (χ1v) is 12.5. The van der Waals surface area contributed by atoms with Crippen molar-refractivity contribution in [1.29, 1.82) is 0 Å². The monoisotopic (exact) mass is 488 g/mol. The van der Waals surface area contributed by atoms with Crippen LogP contribution in [0.3, 0.4) is 0 Å². The van der Waals surface area contributed by atoms with E-state index in [2.05, 4.69) is 67.5 Å². The van der Waals surface area contributed by atoms with Crippen molar-refractivity contribution in [2.24, 2.45) is 0 Å². The molecule has 0 spiro atoms. The maximum atomic E-state index is 13.0. The van der Waals surface area contributed by atoms with Crippen molar-refractivity contribution in [2.75, 3.05) is 7.11 Å². The zero-order valence-electron chi connectivity index (χ0n) is 19.1. The first-order chi connectivity index (χ1) is 15.3. The molecule has 2 aromatic heterocycles. The van der Waals surface area contributed by atoms with Crippen molar-refractivity contribution >= 4 is 46.9 Å². The Morgan fingerprint density at radius 2 is 2.09 bits per heavy atom. The highest BCUT2D eigenvalue weighted by Crippen LogP contribution is 2.36. The lowest BCUT2D eigenvalue weighted by atomic mass is 10.1. The summed E-state index contributed by atoms with van der Waals surface area (Å²) < 4.78 is 8.36. The smallest absolute Gasteiger partial charge is 0.350 e. The molecule has 0 aliphatic rings. The van der Waals surface area contributed by atoms with Gasteiger partial charge in [-0.2, -0.15) is 4.68 Å². The van der Waals surface area contributed by atoms with Crippen LogP contribution in [0.4, 0.5) is 0 Å². The van der Waals surface area contributed by atoms with Gasteiger partial charge < -0.3 is 4.74 Å². The molecule has 2 unspecified atom stereocenters. The summed E-state index contributed by atoms with van der Waals surface area (Å²) in [4.78, 5) is 18.3. The van der Waals surface area contributed by atoms with Gasteiger partial charge in [0.05, 0.1) is 5.69 Å². The molecule has 0 N–H and O–H groups in total. The lowest BCUT2D eigenvalue weighted by Gasteiger charge is -2.16. The van der Waals surface area contributed by atoms with Gasteiger partial charge in [-0.25, -0.2) is 4.79 Å². The minimum absolute atomic E-state index is 0.162. The Bertz CT molecular complexity index is 1200. The Balaban J connectivity index is 2.17. The van der Waals surface area contributed by atoms with Gasteiger partial charge in [0, 0.05) is 36.2 Å². The molecular weight excluding hydrogens is 458 g/mol. The van der Waals surface area contributed by atoms with Gasteiger partial charge in [0.2, 0.25) is 0 Å². The summed E-state index contributed by atoms with van der Waals surface area (Å²) in [7, 11) is 7.23. The first-order valence-electron chi connectivity index (χ1n) is 10.4. The number of hydrogen-bond acceptors (Lipinski definition) is 5. The van der Waals surface area contributed by atoms with Crippen LogP contribution < -0.4 is 11.0 Å². The molecule has 9 heteroatoms. The van der Waals surface area contributed by atoms with E-state index in [9.17, 15) is 4.79 Å². The third-order valence-corrected chi connectivity index (χ3v) is 6.94. The predicted octanol–water partition coefficient (Wildman–Crippen LogP) is 4.28. The van der Waals surface area contributed by atoms with Crippen LogP contribution in [0.1, 0.15) is 43.3 Å². The quantitative estimate of drug-likeness (QED) is 0.350. The summed E-state index contributed by atoms with van der Waals surface area (Å²) in [5, 5.41) is 6.93. The number of benzene rings is 1. The SMILES string of the molecule is CCn1c(COC)nn(-c2cc(SC(C)C)c(/C(P)=C/c3ccncc3C)cc2P)c1=O. The van der Waals surface area contributed by atoms with Crippen LogP contribution in [0.15, 0.2) is 40.3 Å². The van der Waals surface area contributed by atoms with Gasteiger partial charge >= 0.3 is 5.69 Å². The second-order valence-corrected chi connectivity index (χ2v) is 10.6. The topological polar surface area (TPSA) is 61.9 Å². The molecule has 1 aromatic carbocycles. The summed E-state index contributed by atoms with van der Waals surface area (Å²) >= 11 is 1.77. The molecule has 0 aliphatic heterocycles. The van der Waals surface area contributed by atoms with Crippen LogP contribution in [-0.4, -0.2) is 31.7 Å². The molecule has 6 nitrogen and oxygen atoms in total. The van der Waals surface area contributed by atoms with Crippen LogP contribution in [0, 0.1) is 6.92 Å². The maximum Gasteiger partial charge on any atom is 0.350 e. The summed E-state index contributed by atoms with van der Waals surface area (Å²) in [5.74, 6) is 0.617. The number of nitrogens with zero attached hydrogens (tertiary/aromatic N) is 4. The molecule has 0 fully saturated rings. The van der Waals surface area contributed by atoms with E-state index in [-0.39, 0.29) is 12.3 Å². The normalized spacial score (nSPS) is 12.1. The Morgan fingerprint density at radius 3 is 2.72 bits per heavy atom. The largest absolute Gasteiger partial charge is 0.377 e. The van der Waals surface area contributed by atoms with Crippen molar-refractivity contribution in [1.82, 2.24) is 19.3 Å². The highest BCUT2D eigenvalue weighted by Gasteiger charge is 2.18. The molecule has 170 valence electrons. The van der Waals surface area contributed by atoms with E-state index in [1.165, 1.54) is 4.68 Å². The lowest BCUT2D eigenvalue weighted by Crippen LogP contribution is -2.26. The summed E-state index contributed by atoms with van der Waals surface area (Å²) in [6.07, 6.45) is 5.82. The van der Waals surface area contributed by atoms with Crippen molar-refractivity contribution in [3.63, 3.8) is 0 Å². The highest BCUT2D eigenvalue weighted by atomic mass is 32.2. The van der Waals surface area contributed by atoms with Gasteiger partial charge in [-0.15, -0.1) is 35.3 Å². The zero-order chi connectivity index (χ0) is 23.4. The van der Waals surface area contributed by atoms with E-state index < -0.39 is 0 Å². The fraction of sp³-hybridized carbons (Fsp3) is 0.348. The Hall–Kier alpha value is -1.78. The maximum absolute atomic E-state index is 13.0. The number of ether oxygens (including phenoxy) is 1. The fourth-order valence-electron chi connectivity index (χ4n) is 3.39. The van der Waals surface area contributed by atoms with E-state index in [1.54, 1.807) is 29.6 Å². The van der Waals surface area contributed by atoms with Crippen molar-refractivity contribution in [3.8, 4) is 5.69 Å². The molecule has 0 saturated heterocycles. The van der Waals surface area contributed by atoms with Crippen LogP contribution in [0.5, 0.6) is 0 Å². The fourth-order valence-corrected chi connectivity index (χ4v) is 5.27. The average Bonchev–Trinajstić information content (AvgIpc) is 3.05. The van der Waals surface area contributed by atoms with E-state index >= 15 is 0 Å². The van der Waals surface area contributed by atoms with E-state index in [1.807, 2.05) is 19.2 Å². The minimum atomic E-state index is -0.162. The molecule has 2 heterocycles. The molecule has 2 atom stereocenters. The molecule has 0 amide bonds. The van der Waals surface area contributed by atoms with Crippen LogP contribution in [0.2, 0.25) is 0 Å². The van der Waals surface area contributed by atoms with Crippen LogP contribution in [0.25, 0.3) is 17.1 Å². The number of hydrogen-bond donors (Lipinski definition) is 0. The molecule has 3 rings (SSSR count). The van der Waals surface area contributed by atoms with E-state index in [0.29, 0.717) is 17.6 Å². The predicted molar refractivity (Wildman–Crippen MR) is 141 cm³/mol. The number of aryl methyl sites for hydroxylation is 1. The molecule has 0 bridgehead atoms. The molecular formula is C23H30N4O2P2S. The van der Waals surface area contributed by atoms with Gasteiger partial charge in [0.1, 0.15) is 6.61 Å². The first kappa shape index (κ1) is 24.9. The third-order valence-electron chi connectivity index (χ3n) is 4.93. The number of rotatable bonds is 8. The number of pyridine rings is 1. The summed E-state index contributed by atoms with van der Waals surface area (Å²) in [5.41, 5.74) is 3.95. The van der Waals surface area contributed by atoms with Gasteiger partial charge in [-0.1, -0.05) is 13.8 Å². The Kier molecular flexibility index (Phi) is 8.46. The summed E-state index contributed by atoms with van der Waals surface area (Å²) in [6.45, 7) is 9.15. The summed E-state index contributed by atoms with van der Waals surface area (Å²) in [6, 6.07) is 6.18. The number of thioether (sulfide) groups is 1. The zero-order valence-corrected chi connectivity index (χ0v) is 22.2. The standard InChI is InChI=1S/C23H30N4O2P2S/c1-6-26-22(13-29-5)25-27(23(26)28)18-11-21(32-14(2)3)17(10-20(18)31)19(30)9-16-7-8-24-12-15(16)4/h7-12,14H,6,13,30-31H2,1-5H3/b19-9-. The van der Waals surface area contributed by atoms with Gasteiger partial charge in [0.25, 0.3) is 0 Å². The second-order valence-electron chi connectivity index (χ2n) is 7.69. The average molecular weight is 489 g/mol. The number of aromatic nitrogens is 4. The third kappa shape index (κ3) is 5.40. The van der Waals surface area contributed by atoms with Crippen LogP contribution >= 0.6 is 30.2 Å². The van der Waals surface area contributed by atoms with Gasteiger partial charge in [-0.3, -0.25) is 9.55 Å². The van der Waals surface area contributed by atoms with E-state index in [4.69, 9.17) is 4.74 Å². The Labute approximate surface area is 198 Å². The minimum Gasteiger partial charge on any atom is -0.377 e. The van der Waals surface area contributed by atoms with E-state index in [0.717, 1.165) is 37.9 Å². The van der Waals surface area contributed by atoms with Gasteiger partial charge in [0.15, 0.2) is 5.82 Å². The number of methoxy groups -OCH3 is 1. The van der Waals surface area contributed by atoms with Crippen molar-refractivity contribution < 1.29 is 4.74 Å². The molecule has 0 radical (unpaired) electrons. The molecule has 3 aromatic rings. The second kappa shape index (κ2) is 10.9. The van der Waals surface area contributed by atoms with Crippen molar-refractivity contribution in [3.05, 3.63) is 63.6 Å². The lowest BCUT2D eigenvalue weighted by molar-refractivity contribution is 0.173. The molecule has 0 saturated carbocycles. The molecule has 0 aliphatic carbocycles. The Morgan fingerprint density at radius 1 is 1.34 bits per heavy atom. The van der Waals surface area contributed by atoms with Crippen LogP contribution in [-0.2, 0) is 17.9 Å². The van der Waals surface area contributed by atoms with Crippen molar-refractivity contribution in [2.45, 2.75) is 51.0 Å². The van der Waals surface area contributed by atoms with Gasteiger partial charge in [-0.05, 0) is 65.4 Å². The highest BCUT2D eigenvalue weighted by molar-refractivity contribution is 8.00.